The van der Waals surface area contributed by atoms with Gasteiger partial charge in [0.25, 0.3) is 0 Å². The van der Waals surface area contributed by atoms with Gasteiger partial charge in [0.15, 0.2) is 5.71 Å². The number of hydrogen-bond acceptors (Lipinski definition) is 6. The molecule has 3 rings (SSSR count). The van der Waals surface area contributed by atoms with Crippen molar-refractivity contribution in [1.82, 2.24) is 4.98 Å². The zero-order valence-corrected chi connectivity index (χ0v) is 11.7. The Morgan fingerprint density at radius 2 is 2.19 bits per heavy atom. The molecular weight excluding hydrogens is 292 g/mol. The van der Waals surface area contributed by atoms with Crippen LogP contribution in [0.25, 0.3) is 11.6 Å². The standard InChI is InChI=1S/C14H10N2O4S/c1-20-13(18)11-8(6-10-12(17)16-14(19)21-10)7-4-2-3-5-9(7)15-11/h2-6,17H,1H3,(H,16,19)/b8-6+. The van der Waals surface area contributed by atoms with Gasteiger partial charge in [0.1, 0.15) is 0 Å². The van der Waals surface area contributed by atoms with E-state index in [4.69, 9.17) is 4.74 Å². The largest absolute Gasteiger partial charge is 0.493 e. The number of para-hydroxylation sites is 1. The van der Waals surface area contributed by atoms with Gasteiger partial charge in [-0.1, -0.05) is 29.5 Å². The zero-order chi connectivity index (χ0) is 15.0. The molecule has 1 aliphatic rings. The number of carbonyl (C=O) groups is 1. The highest BCUT2D eigenvalue weighted by Gasteiger charge is 2.27. The summed E-state index contributed by atoms with van der Waals surface area (Å²) < 4.78 is 4.73. The number of ether oxygens (including phenoxy) is 1. The highest BCUT2D eigenvalue weighted by atomic mass is 32.1. The molecule has 0 fully saturated rings. The number of esters is 1. The number of fused-ring (bicyclic) bond motifs is 1. The highest BCUT2D eigenvalue weighted by Crippen LogP contribution is 2.37. The molecular formula is C14H10N2O4S. The molecule has 0 aliphatic carbocycles. The van der Waals surface area contributed by atoms with E-state index < -0.39 is 5.97 Å². The van der Waals surface area contributed by atoms with E-state index in [1.54, 1.807) is 12.1 Å². The molecule has 7 heteroatoms. The van der Waals surface area contributed by atoms with Gasteiger partial charge in [-0.2, -0.15) is 0 Å². The number of aromatic nitrogens is 1. The number of aliphatic imine (C=N–C) groups is 1. The van der Waals surface area contributed by atoms with Gasteiger partial charge in [0, 0.05) is 11.1 Å². The molecule has 2 heterocycles. The first-order chi connectivity index (χ1) is 10.1. The van der Waals surface area contributed by atoms with E-state index in [1.165, 1.54) is 7.11 Å². The number of hydrogen-bond donors (Lipinski definition) is 2. The second kappa shape index (κ2) is 5.02. The molecule has 106 valence electrons. The van der Waals surface area contributed by atoms with Crippen LogP contribution < -0.4 is 4.87 Å². The monoisotopic (exact) mass is 302 g/mol. The average Bonchev–Trinajstić information content (AvgIpc) is 2.99. The molecule has 0 atom stereocenters. The van der Waals surface area contributed by atoms with Gasteiger partial charge in [-0.15, -0.1) is 0 Å². The number of aromatic amines is 1. The summed E-state index contributed by atoms with van der Waals surface area (Å²) in [5, 5.41) is 9.68. The summed E-state index contributed by atoms with van der Waals surface area (Å²) in [6.07, 6.45) is 1.56. The van der Waals surface area contributed by atoms with Crippen LogP contribution in [0.4, 0.5) is 5.69 Å². The number of aromatic hydroxyl groups is 1. The topological polar surface area (TPSA) is 91.8 Å². The number of rotatable bonds is 2. The fourth-order valence-corrected chi connectivity index (χ4v) is 2.74. The van der Waals surface area contributed by atoms with Crippen LogP contribution in [-0.2, 0) is 9.53 Å². The Bertz CT molecular complexity index is 845. The summed E-state index contributed by atoms with van der Waals surface area (Å²) in [6.45, 7) is 0. The number of methoxy groups -OCH3 is 1. The minimum atomic E-state index is -0.570. The maximum Gasteiger partial charge on any atom is 0.357 e. The van der Waals surface area contributed by atoms with Crippen LogP contribution in [-0.4, -0.2) is 28.9 Å². The van der Waals surface area contributed by atoms with Gasteiger partial charge in [0.2, 0.25) is 5.88 Å². The van der Waals surface area contributed by atoms with E-state index in [0.717, 1.165) is 16.9 Å². The first kappa shape index (κ1) is 13.3. The molecule has 1 aromatic heterocycles. The number of thiazole rings is 1. The van der Waals surface area contributed by atoms with E-state index in [0.29, 0.717) is 16.1 Å². The lowest BCUT2D eigenvalue weighted by Crippen LogP contribution is -2.14. The van der Waals surface area contributed by atoms with Crippen LogP contribution >= 0.6 is 11.3 Å². The molecule has 1 aliphatic heterocycles. The number of nitrogens with zero attached hydrogens (tertiary/aromatic N) is 1. The van der Waals surface area contributed by atoms with Crippen LogP contribution in [0.1, 0.15) is 10.4 Å². The number of benzene rings is 1. The van der Waals surface area contributed by atoms with E-state index in [-0.39, 0.29) is 16.5 Å². The minimum Gasteiger partial charge on any atom is -0.493 e. The number of H-pyrrole nitrogens is 1. The van der Waals surface area contributed by atoms with E-state index in [9.17, 15) is 14.7 Å². The predicted octanol–water partition coefficient (Wildman–Crippen LogP) is 1.94. The van der Waals surface area contributed by atoms with Crippen LogP contribution in [0.3, 0.4) is 0 Å². The van der Waals surface area contributed by atoms with Crippen molar-refractivity contribution in [2.75, 3.05) is 7.11 Å². The lowest BCUT2D eigenvalue weighted by Gasteiger charge is -2.03. The first-order valence-electron chi connectivity index (χ1n) is 6.00. The molecule has 0 unspecified atom stereocenters. The molecule has 2 aromatic rings. The van der Waals surface area contributed by atoms with Crippen molar-refractivity contribution in [2.45, 2.75) is 0 Å². The second-order valence-corrected chi connectivity index (χ2v) is 5.27. The van der Waals surface area contributed by atoms with Gasteiger partial charge in [-0.05, 0) is 12.1 Å². The van der Waals surface area contributed by atoms with Crippen LogP contribution in [0, 0.1) is 0 Å². The summed E-state index contributed by atoms with van der Waals surface area (Å²) in [7, 11) is 1.28. The summed E-state index contributed by atoms with van der Waals surface area (Å²) in [5.74, 6) is -0.800. The van der Waals surface area contributed by atoms with Crippen molar-refractivity contribution in [1.29, 1.82) is 0 Å². The average molecular weight is 302 g/mol. The summed E-state index contributed by atoms with van der Waals surface area (Å²) in [6, 6.07) is 7.22. The maximum absolute atomic E-state index is 11.9. The molecule has 0 radical (unpaired) electrons. The number of carbonyl (C=O) groups excluding carboxylic acids is 1. The van der Waals surface area contributed by atoms with Crippen molar-refractivity contribution in [2.24, 2.45) is 4.99 Å². The van der Waals surface area contributed by atoms with Crippen LogP contribution in [0.5, 0.6) is 5.88 Å². The van der Waals surface area contributed by atoms with E-state index in [1.807, 2.05) is 18.2 Å². The molecule has 2 N–H and O–H groups in total. The number of nitrogens with one attached hydrogen (secondary N) is 1. The molecule has 6 nitrogen and oxygen atoms in total. The zero-order valence-electron chi connectivity index (χ0n) is 10.9. The molecule has 0 amide bonds. The quantitative estimate of drug-likeness (QED) is 0.829. The van der Waals surface area contributed by atoms with Crippen molar-refractivity contribution >= 4 is 40.4 Å². The second-order valence-electron chi connectivity index (χ2n) is 4.25. The Kier molecular flexibility index (Phi) is 3.19. The van der Waals surface area contributed by atoms with Crippen molar-refractivity contribution in [3.63, 3.8) is 0 Å². The smallest absolute Gasteiger partial charge is 0.357 e. The predicted molar refractivity (Wildman–Crippen MR) is 80.0 cm³/mol. The van der Waals surface area contributed by atoms with Crippen LogP contribution in [0.15, 0.2) is 34.1 Å². The third-order valence-corrected chi connectivity index (χ3v) is 3.81. The maximum atomic E-state index is 11.9. The molecule has 0 spiro atoms. The molecule has 21 heavy (non-hydrogen) atoms. The molecule has 0 saturated heterocycles. The highest BCUT2D eigenvalue weighted by molar-refractivity contribution is 7.10. The Balaban J connectivity index is 2.18. The van der Waals surface area contributed by atoms with Gasteiger partial charge in [-0.3, -0.25) is 9.78 Å². The van der Waals surface area contributed by atoms with Gasteiger partial charge >= 0.3 is 10.8 Å². The Hall–Kier alpha value is -2.67. The third kappa shape index (κ3) is 2.27. The SMILES string of the molecule is COC(=O)C1=Nc2ccccc2/C1=C\c1sc(=O)[nH]c1O. The van der Waals surface area contributed by atoms with E-state index >= 15 is 0 Å². The molecule has 0 saturated carbocycles. The normalized spacial score (nSPS) is 14.9. The Labute approximate surface area is 123 Å². The Morgan fingerprint density at radius 1 is 1.43 bits per heavy atom. The fraction of sp³-hybridized carbons (Fsp3) is 0.0714. The van der Waals surface area contributed by atoms with Crippen molar-refractivity contribution in [3.05, 3.63) is 44.4 Å². The summed E-state index contributed by atoms with van der Waals surface area (Å²) in [4.78, 5) is 29.6. The fourth-order valence-electron chi connectivity index (χ4n) is 2.07. The third-order valence-electron chi connectivity index (χ3n) is 2.99. The lowest BCUT2D eigenvalue weighted by molar-refractivity contribution is -0.132. The van der Waals surface area contributed by atoms with Crippen LogP contribution in [0.2, 0.25) is 0 Å². The first-order valence-corrected chi connectivity index (χ1v) is 6.82. The molecule has 0 bridgehead atoms. The van der Waals surface area contributed by atoms with Gasteiger partial charge in [0.05, 0.1) is 17.7 Å². The molecule has 1 aromatic carbocycles. The Morgan fingerprint density at radius 3 is 2.86 bits per heavy atom. The minimum absolute atomic E-state index is 0.152. The van der Waals surface area contributed by atoms with E-state index in [2.05, 4.69) is 9.98 Å². The lowest BCUT2D eigenvalue weighted by atomic mass is 10.0. The van der Waals surface area contributed by atoms with Gasteiger partial charge < -0.3 is 9.84 Å². The van der Waals surface area contributed by atoms with Gasteiger partial charge in [-0.25, -0.2) is 9.79 Å². The summed E-state index contributed by atoms with van der Waals surface area (Å²) in [5.41, 5.74) is 2.06. The van der Waals surface area contributed by atoms with Crippen molar-refractivity contribution < 1.29 is 14.6 Å². The van der Waals surface area contributed by atoms with Crippen molar-refractivity contribution in [3.8, 4) is 5.88 Å². The summed E-state index contributed by atoms with van der Waals surface area (Å²) >= 11 is 0.853.